The van der Waals surface area contributed by atoms with Crippen LogP contribution in [0.1, 0.15) is 62.3 Å². The van der Waals surface area contributed by atoms with Gasteiger partial charge in [0.2, 0.25) is 33.7 Å². The van der Waals surface area contributed by atoms with Crippen molar-refractivity contribution in [2.75, 3.05) is 83.0 Å². The monoisotopic (exact) mass is 1680 g/mol. The molecule has 0 unspecified atom stereocenters. The molecule has 6 aromatic carbocycles. The molecule has 11 N–H and O–H groups in total. The van der Waals surface area contributed by atoms with Crippen molar-refractivity contribution in [2.24, 2.45) is 0 Å². The maximum absolute atomic E-state index is 13.3. The number of urea groups is 1. The quantitative estimate of drug-likeness (QED) is 0.0187. The number of anilines is 14. The zero-order valence-electron chi connectivity index (χ0n) is 66.0. The smallest absolute Gasteiger partial charge is 0.332 e. The molecule has 0 saturated carbocycles. The molecule has 0 aliphatic heterocycles. The summed E-state index contributed by atoms with van der Waals surface area (Å²) in [4.78, 5) is 63.4. The maximum Gasteiger partial charge on any atom is 0.332 e. The molecule has 116 heavy (non-hydrogen) atoms. The molecule has 6 heterocycles. The SMILES string of the molecule is COc1ccc(N(C(=O)Nc2ccccc2Cl)c2ccnc(N[C@@H](C)C(C)(C)O)n2)cc1.COc1ccc(Nc2ccnc(Cl)n2)cc1.COc1ccc(Nc2ccnc(Cl)n2)cc1.COc1ccc(Nc2ccnc(N[C@@H](C)C(C)(C)O)n2)cc1.COc1ccc(Nc2ccnc(N[C@@H](C)C(C)(C)O)n2)cc1.Clc1ccnc(Cl)n1. The van der Waals surface area contributed by atoms with Gasteiger partial charge in [-0.1, -0.05) is 35.3 Å². The van der Waals surface area contributed by atoms with Crippen molar-refractivity contribution in [3.63, 3.8) is 0 Å². The molecule has 0 spiro atoms. The summed E-state index contributed by atoms with van der Waals surface area (Å²) in [5, 5.41) is 56.2. The Bertz CT molecular complexity index is 4750. The number of nitrogens with zero attached hydrogens (tertiary/aromatic N) is 13. The Labute approximate surface area is 698 Å². The fourth-order valence-electron chi connectivity index (χ4n) is 8.88. The summed E-state index contributed by atoms with van der Waals surface area (Å²) in [6, 6.07) is 53.3. The Morgan fingerprint density at radius 2 is 0.655 bits per heavy atom. The van der Waals surface area contributed by atoms with Gasteiger partial charge in [0.25, 0.3) is 0 Å². The summed E-state index contributed by atoms with van der Waals surface area (Å²) in [6.07, 6.45) is 9.57. The van der Waals surface area contributed by atoms with E-state index >= 15 is 0 Å². The molecule has 6 aromatic heterocycles. The lowest BCUT2D eigenvalue weighted by Crippen LogP contribution is -2.40. The molecule has 30 nitrogen and oxygen atoms in total. The number of aromatic nitrogens is 12. The molecule has 0 saturated heterocycles. The van der Waals surface area contributed by atoms with Crippen molar-refractivity contribution in [1.29, 1.82) is 0 Å². The number of para-hydroxylation sites is 1. The summed E-state index contributed by atoms with van der Waals surface area (Å²) < 4.78 is 25.6. The lowest BCUT2D eigenvalue weighted by Gasteiger charge is -2.27. The Kier molecular flexibility index (Phi) is 35.5. The number of halogens is 5. The first kappa shape index (κ1) is 91.2. The van der Waals surface area contributed by atoms with Crippen LogP contribution in [0.5, 0.6) is 28.7 Å². The van der Waals surface area contributed by atoms with E-state index in [2.05, 4.69) is 102 Å². The van der Waals surface area contributed by atoms with Crippen LogP contribution in [0.4, 0.5) is 85.9 Å². The minimum Gasteiger partial charge on any atom is -0.497 e. The van der Waals surface area contributed by atoms with E-state index in [1.165, 1.54) is 11.1 Å². The molecule has 3 atom stereocenters. The fraction of sp³-hybridized carbons (Fsp3) is 0.247. The molecule has 0 bridgehead atoms. The summed E-state index contributed by atoms with van der Waals surface area (Å²) in [7, 11) is 8.10. The highest BCUT2D eigenvalue weighted by Crippen LogP contribution is 2.31. The van der Waals surface area contributed by atoms with Crippen LogP contribution in [0.2, 0.25) is 26.0 Å². The number of carbonyl (C=O) groups is 1. The third kappa shape index (κ3) is 31.8. The van der Waals surface area contributed by atoms with Crippen molar-refractivity contribution >= 4 is 145 Å². The number of carbonyl (C=O) groups excluding carboxylic acids is 1. The van der Waals surface area contributed by atoms with Gasteiger partial charge in [0.1, 0.15) is 63.0 Å². The highest BCUT2D eigenvalue weighted by molar-refractivity contribution is 6.34. The highest BCUT2D eigenvalue weighted by atomic mass is 35.5. The molecule has 12 rings (SSSR count). The molecule has 0 radical (unpaired) electrons. The van der Waals surface area contributed by atoms with E-state index in [0.29, 0.717) is 68.3 Å². The first-order chi connectivity index (χ1) is 55.3. The number of hydrogen-bond acceptors (Lipinski definition) is 28. The third-order valence-electron chi connectivity index (χ3n) is 16.3. The van der Waals surface area contributed by atoms with Crippen molar-refractivity contribution in [1.82, 2.24) is 59.8 Å². The summed E-state index contributed by atoms with van der Waals surface area (Å²) in [5.41, 5.74) is 1.96. The Hall–Kier alpha value is -12.0. The van der Waals surface area contributed by atoms with Crippen molar-refractivity contribution < 1.29 is 43.8 Å². The minimum atomic E-state index is -0.990. The molecule has 0 aliphatic carbocycles. The average molecular weight is 1680 g/mol. The van der Waals surface area contributed by atoms with Gasteiger partial charge < -0.3 is 81.5 Å². The molecule has 12 aromatic rings. The second-order valence-corrected chi connectivity index (χ2v) is 28.1. The minimum absolute atomic E-state index is 0.177. The second kappa shape index (κ2) is 45.2. The summed E-state index contributed by atoms with van der Waals surface area (Å²) in [5.74, 6) is 8.08. The zero-order chi connectivity index (χ0) is 84.4. The van der Waals surface area contributed by atoms with Gasteiger partial charge in [-0.2, -0.15) is 15.0 Å². The number of hydrogen-bond donors (Lipinski definition) is 11. The van der Waals surface area contributed by atoms with Gasteiger partial charge in [-0.05, 0) is 261 Å². The van der Waals surface area contributed by atoms with Gasteiger partial charge >= 0.3 is 6.03 Å². The van der Waals surface area contributed by atoms with E-state index in [9.17, 15) is 20.1 Å². The number of amides is 2. The van der Waals surface area contributed by atoms with E-state index in [0.717, 1.165) is 45.7 Å². The van der Waals surface area contributed by atoms with Gasteiger partial charge in [0.15, 0.2) is 0 Å². The van der Waals surface area contributed by atoms with E-state index < -0.39 is 22.8 Å². The predicted molar refractivity (Wildman–Crippen MR) is 461 cm³/mol. The zero-order valence-corrected chi connectivity index (χ0v) is 69.8. The number of rotatable bonds is 25. The maximum atomic E-state index is 13.3. The Morgan fingerprint density at radius 3 is 0.957 bits per heavy atom. The molecular weight excluding hydrogens is 1590 g/mol. The number of benzene rings is 6. The molecule has 2 amide bonds. The number of ether oxygens (including phenoxy) is 5. The first-order valence-corrected chi connectivity index (χ1v) is 37.4. The van der Waals surface area contributed by atoms with Crippen LogP contribution in [0.25, 0.3) is 0 Å². The summed E-state index contributed by atoms with van der Waals surface area (Å²) in [6.45, 7) is 15.9. The highest BCUT2D eigenvalue weighted by Gasteiger charge is 2.27. The standard InChI is InChI=1S/C23H26ClN5O3.2C16H22N4O2.2C11H10ClN3O.C4H2Cl2N2/c1-15(23(2,3)31)26-21-25-14-13-20(28-21)29(16-9-11-17(32-4)12-10-16)22(30)27-19-8-6-5-7-18(19)24;2*1-11(16(2,3)21)18-15-17-10-9-14(20-15)19-12-5-7-13(22-4)8-6-12;2*1-16-9-4-2-8(3-5-9)14-10-6-7-13-11(12)15-10;5-3-1-2-7-4(6)8-3/h5-15,31H,1-4H3,(H,27,30)(H,25,26,28);2*5-11,21H,1-4H3,(H2,17,18,19,20);2*2-7H,1H3,(H,13,14,15);1-2H/t15-;2*11-;;;/m000.../s1. The summed E-state index contributed by atoms with van der Waals surface area (Å²) >= 11 is 28.3. The number of aliphatic hydroxyl groups is 3. The van der Waals surface area contributed by atoms with Crippen LogP contribution >= 0.6 is 58.0 Å². The Morgan fingerprint density at radius 1 is 0.362 bits per heavy atom. The van der Waals surface area contributed by atoms with E-state index in [1.807, 2.05) is 118 Å². The van der Waals surface area contributed by atoms with E-state index in [1.54, 1.807) is 193 Å². The van der Waals surface area contributed by atoms with Crippen LogP contribution in [-0.2, 0) is 0 Å². The normalized spacial score (nSPS) is 11.5. The van der Waals surface area contributed by atoms with Gasteiger partial charge in [0, 0.05) is 66.0 Å². The average Bonchev–Trinajstić information content (AvgIpc) is 0.801. The molecule has 35 heteroatoms. The van der Waals surface area contributed by atoms with Crippen molar-refractivity contribution in [3.8, 4) is 28.7 Å². The molecule has 610 valence electrons. The van der Waals surface area contributed by atoms with E-state index in [-0.39, 0.29) is 39.9 Å². The van der Waals surface area contributed by atoms with Crippen LogP contribution in [0, 0.1) is 0 Å². The first-order valence-electron chi connectivity index (χ1n) is 35.5. The third-order valence-corrected chi connectivity index (χ3v) is 17.4. The van der Waals surface area contributed by atoms with Crippen LogP contribution in [-0.4, -0.2) is 152 Å². The fourth-order valence-corrected chi connectivity index (χ4v) is 9.69. The van der Waals surface area contributed by atoms with Gasteiger partial charge in [-0.25, -0.2) is 54.6 Å². The number of methoxy groups -OCH3 is 5. The number of nitrogens with one attached hydrogen (secondary N) is 8. The largest absolute Gasteiger partial charge is 0.497 e. The van der Waals surface area contributed by atoms with Crippen molar-refractivity contribution in [3.05, 3.63) is 245 Å². The van der Waals surface area contributed by atoms with Crippen molar-refractivity contribution in [2.45, 2.75) is 97.2 Å². The van der Waals surface area contributed by atoms with Gasteiger partial charge in [0.05, 0.1) is 86.9 Å². The Balaban J connectivity index is 0.000000200. The molecule has 0 aliphatic rings. The van der Waals surface area contributed by atoms with Gasteiger partial charge in [-0.15, -0.1) is 0 Å². The topological polar surface area (TPSA) is 378 Å². The second-order valence-electron chi connectivity index (χ2n) is 26.3. The van der Waals surface area contributed by atoms with Crippen LogP contribution in [0.3, 0.4) is 0 Å². The molecule has 0 fully saturated rings. The lowest BCUT2D eigenvalue weighted by molar-refractivity contribution is 0.0642. The van der Waals surface area contributed by atoms with E-state index in [4.69, 9.17) is 81.7 Å². The van der Waals surface area contributed by atoms with Crippen LogP contribution in [0.15, 0.2) is 219 Å². The predicted octanol–water partition coefficient (Wildman–Crippen LogP) is 18.2. The molecular formula is C81H92Cl5N21O9. The van der Waals surface area contributed by atoms with Gasteiger partial charge in [-0.3, -0.25) is 0 Å². The van der Waals surface area contributed by atoms with Crippen LogP contribution < -0.4 is 71.1 Å². The lowest BCUT2D eigenvalue weighted by atomic mass is 10.0.